The zero-order valence-corrected chi connectivity index (χ0v) is 10.7. The molecule has 0 bridgehead atoms. The summed E-state index contributed by atoms with van der Waals surface area (Å²) in [7, 11) is 0. The summed E-state index contributed by atoms with van der Waals surface area (Å²) in [6, 6.07) is 11.1. The number of aliphatic hydroxyl groups excluding tert-OH is 1. The summed E-state index contributed by atoms with van der Waals surface area (Å²) in [6.45, 7) is 1.84. The predicted octanol–water partition coefficient (Wildman–Crippen LogP) is 3.62. The van der Waals surface area contributed by atoms with Crippen molar-refractivity contribution in [3.63, 3.8) is 0 Å². The molecule has 0 saturated carbocycles. The molecule has 2 aromatic rings. The summed E-state index contributed by atoms with van der Waals surface area (Å²) in [6.07, 6.45) is 0.764. The first-order valence-electron chi connectivity index (χ1n) is 5.61. The van der Waals surface area contributed by atoms with Crippen LogP contribution < -0.4 is 0 Å². The van der Waals surface area contributed by atoms with Crippen LogP contribution in [0.1, 0.15) is 21.5 Å². The third kappa shape index (κ3) is 2.45. The number of aliphatic hydroxyl groups is 1. The van der Waals surface area contributed by atoms with Crippen LogP contribution in [0, 0.1) is 6.92 Å². The highest BCUT2D eigenvalue weighted by Gasteiger charge is 2.06. The third-order valence-corrected chi connectivity index (χ3v) is 3.18. The monoisotopic (exact) mass is 260 g/mol. The Labute approximate surface area is 111 Å². The second-order valence-corrected chi connectivity index (χ2v) is 4.59. The number of hydrogen-bond donors (Lipinski definition) is 1. The number of aryl methyl sites for hydroxylation is 1. The van der Waals surface area contributed by atoms with Gasteiger partial charge < -0.3 is 5.11 Å². The fraction of sp³-hybridized carbons (Fsp3) is 0.133. The Balaban J connectivity index is 2.54. The highest BCUT2D eigenvalue weighted by molar-refractivity contribution is 6.30. The first-order chi connectivity index (χ1) is 8.65. The summed E-state index contributed by atoms with van der Waals surface area (Å²) in [5.41, 5.74) is 4.19. The van der Waals surface area contributed by atoms with Gasteiger partial charge in [-0.05, 0) is 47.4 Å². The molecule has 0 aliphatic heterocycles. The Hall–Kier alpha value is -1.64. The minimum absolute atomic E-state index is 0.131. The smallest absolute Gasteiger partial charge is 0.150 e. The molecular weight excluding hydrogens is 248 g/mol. The maximum absolute atomic E-state index is 11.0. The standard InChI is InChI=1S/C15H13ClO2/c1-10-6-14(16)4-5-15(10)11-2-3-12(8-17)13(7-11)9-18/h2-7,9,17H,8H2,1H3. The first kappa shape index (κ1) is 12.8. The Morgan fingerprint density at radius 1 is 1.22 bits per heavy atom. The van der Waals surface area contributed by atoms with Crippen LogP contribution in [0.3, 0.4) is 0 Å². The molecule has 0 aromatic heterocycles. The van der Waals surface area contributed by atoms with Crippen LogP contribution in [0.5, 0.6) is 0 Å². The Kier molecular flexibility index (Phi) is 3.80. The molecule has 18 heavy (non-hydrogen) atoms. The Morgan fingerprint density at radius 3 is 2.61 bits per heavy atom. The van der Waals surface area contributed by atoms with Crippen molar-refractivity contribution in [1.82, 2.24) is 0 Å². The second kappa shape index (κ2) is 5.34. The number of benzene rings is 2. The number of carbonyl (C=O) groups excluding carboxylic acids is 1. The molecule has 0 saturated heterocycles. The highest BCUT2D eigenvalue weighted by atomic mass is 35.5. The SMILES string of the molecule is Cc1cc(Cl)ccc1-c1ccc(CO)c(C=O)c1. The van der Waals surface area contributed by atoms with Crippen molar-refractivity contribution in [3.05, 3.63) is 58.1 Å². The van der Waals surface area contributed by atoms with Gasteiger partial charge in [-0.3, -0.25) is 4.79 Å². The molecule has 0 spiro atoms. The first-order valence-corrected chi connectivity index (χ1v) is 5.99. The maximum Gasteiger partial charge on any atom is 0.150 e. The third-order valence-electron chi connectivity index (χ3n) is 2.94. The molecule has 2 aromatic carbocycles. The van der Waals surface area contributed by atoms with Crippen molar-refractivity contribution in [2.45, 2.75) is 13.5 Å². The average molecular weight is 261 g/mol. The lowest BCUT2D eigenvalue weighted by atomic mass is 9.97. The van der Waals surface area contributed by atoms with Crippen LogP contribution in [-0.2, 0) is 6.61 Å². The molecule has 0 fully saturated rings. The number of halogens is 1. The fourth-order valence-corrected chi connectivity index (χ4v) is 2.19. The summed E-state index contributed by atoms with van der Waals surface area (Å²) in [5, 5.41) is 9.82. The van der Waals surface area contributed by atoms with E-state index < -0.39 is 0 Å². The van der Waals surface area contributed by atoms with Crippen LogP contribution in [-0.4, -0.2) is 11.4 Å². The number of carbonyl (C=O) groups is 1. The largest absolute Gasteiger partial charge is 0.392 e. The van der Waals surface area contributed by atoms with E-state index in [1.807, 2.05) is 31.2 Å². The fourth-order valence-electron chi connectivity index (χ4n) is 1.97. The molecule has 0 heterocycles. The minimum Gasteiger partial charge on any atom is -0.392 e. The van der Waals surface area contributed by atoms with Gasteiger partial charge in [-0.1, -0.05) is 29.8 Å². The Morgan fingerprint density at radius 2 is 2.00 bits per heavy atom. The molecule has 0 aliphatic carbocycles. The zero-order chi connectivity index (χ0) is 13.1. The van der Waals surface area contributed by atoms with Gasteiger partial charge in [0.05, 0.1) is 6.61 Å². The second-order valence-electron chi connectivity index (χ2n) is 4.15. The summed E-state index contributed by atoms with van der Waals surface area (Å²) >= 11 is 5.92. The lowest BCUT2D eigenvalue weighted by molar-refractivity contribution is 0.112. The van der Waals surface area contributed by atoms with E-state index in [1.54, 1.807) is 12.1 Å². The van der Waals surface area contributed by atoms with Crippen LogP contribution in [0.25, 0.3) is 11.1 Å². The van der Waals surface area contributed by atoms with E-state index in [4.69, 9.17) is 16.7 Å². The van der Waals surface area contributed by atoms with Gasteiger partial charge in [0.15, 0.2) is 0 Å². The number of rotatable bonds is 3. The molecule has 1 N–H and O–H groups in total. The van der Waals surface area contributed by atoms with Gasteiger partial charge in [0.1, 0.15) is 6.29 Å². The molecule has 0 unspecified atom stereocenters. The maximum atomic E-state index is 11.0. The van der Waals surface area contributed by atoms with Crippen LogP contribution in [0.15, 0.2) is 36.4 Å². The Bertz CT molecular complexity index is 591. The zero-order valence-electron chi connectivity index (χ0n) is 9.98. The van der Waals surface area contributed by atoms with Crippen molar-refractivity contribution in [3.8, 4) is 11.1 Å². The van der Waals surface area contributed by atoms with Gasteiger partial charge >= 0.3 is 0 Å². The average Bonchev–Trinajstić information content (AvgIpc) is 2.38. The summed E-state index contributed by atoms with van der Waals surface area (Å²) in [4.78, 5) is 11.0. The molecule has 2 nitrogen and oxygen atoms in total. The van der Waals surface area contributed by atoms with E-state index in [2.05, 4.69) is 0 Å². The van der Waals surface area contributed by atoms with Gasteiger partial charge in [-0.25, -0.2) is 0 Å². The van der Waals surface area contributed by atoms with Crippen molar-refractivity contribution >= 4 is 17.9 Å². The van der Waals surface area contributed by atoms with Crippen molar-refractivity contribution < 1.29 is 9.90 Å². The highest BCUT2D eigenvalue weighted by Crippen LogP contribution is 2.27. The topological polar surface area (TPSA) is 37.3 Å². The van der Waals surface area contributed by atoms with Gasteiger partial charge in [-0.15, -0.1) is 0 Å². The van der Waals surface area contributed by atoms with Gasteiger partial charge in [0.25, 0.3) is 0 Å². The van der Waals surface area contributed by atoms with E-state index in [-0.39, 0.29) is 6.61 Å². The van der Waals surface area contributed by atoms with E-state index >= 15 is 0 Å². The molecule has 92 valence electrons. The lowest BCUT2D eigenvalue weighted by Gasteiger charge is -2.09. The molecule has 0 aliphatic rings. The summed E-state index contributed by atoms with van der Waals surface area (Å²) < 4.78 is 0. The van der Waals surface area contributed by atoms with E-state index in [1.165, 1.54) is 0 Å². The van der Waals surface area contributed by atoms with Crippen molar-refractivity contribution in [2.75, 3.05) is 0 Å². The molecule has 0 radical (unpaired) electrons. The minimum atomic E-state index is -0.131. The van der Waals surface area contributed by atoms with Crippen molar-refractivity contribution in [2.24, 2.45) is 0 Å². The van der Waals surface area contributed by atoms with Gasteiger partial charge in [0.2, 0.25) is 0 Å². The van der Waals surface area contributed by atoms with E-state index in [9.17, 15) is 4.79 Å². The van der Waals surface area contributed by atoms with E-state index in [0.29, 0.717) is 16.1 Å². The van der Waals surface area contributed by atoms with Crippen LogP contribution in [0.4, 0.5) is 0 Å². The van der Waals surface area contributed by atoms with Crippen LogP contribution in [0.2, 0.25) is 5.02 Å². The molecule has 0 atom stereocenters. The van der Waals surface area contributed by atoms with Crippen LogP contribution >= 0.6 is 11.6 Å². The molecule has 3 heteroatoms. The van der Waals surface area contributed by atoms with Gasteiger partial charge in [0, 0.05) is 10.6 Å². The molecule has 2 rings (SSSR count). The normalized spacial score (nSPS) is 10.4. The van der Waals surface area contributed by atoms with Gasteiger partial charge in [-0.2, -0.15) is 0 Å². The predicted molar refractivity (Wildman–Crippen MR) is 72.9 cm³/mol. The lowest BCUT2D eigenvalue weighted by Crippen LogP contribution is -1.93. The molecular formula is C15H13ClO2. The summed E-state index contributed by atoms with van der Waals surface area (Å²) in [5.74, 6) is 0. The number of hydrogen-bond acceptors (Lipinski definition) is 2. The quantitative estimate of drug-likeness (QED) is 0.856. The molecule has 0 amide bonds. The van der Waals surface area contributed by atoms with E-state index in [0.717, 1.165) is 23.0 Å². The number of aldehydes is 1. The van der Waals surface area contributed by atoms with Crippen molar-refractivity contribution in [1.29, 1.82) is 0 Å².